The summed E-state index contributed by atoms with van der Waals surface area (Å²) < 4.78 is 0. The molecule has 0 bridgehead atoms. The van der Waals surface area contributed by atoms with Gasteiger partial charge in [0.2, 0.25) is 0 Å². The Morgan fingerprint density at radius 2 is 1.00 bits per heavy atom. The maximum Gasteiger partial charge on any atom is 0.00952 e. The van der Waals surface area contributed by atoms with Crippen LogP contribution in [0.1, 0.15) is 70.6 Å². The fourth-order valence-corrected chi connectivity index (χ4v) is 3.26. The van der Waals surface area contributed by atoms with Crippen molar-refractivity contribution in [1.29, 1.82) is 0 Å². The van der Waals surface area contributed by atoms with Crippen LogP contribution in [0.15, 0.2) is 0 Å². The standard InChI is InChI=1S/C14H27N/c1-2-4-6-10-14(11-7-5-3-1)15-12-8-9-13-15/h14H,1-13H2. The van der Waals surface area contributed by atoms with Crippen molar-refractivity contribution in [2.75, 3.05) is 13.1 Å². The largest absolute Gasteiger partial charge is 0.300 e. The zero-order chi connectivity index (χ0) is 10.3. The highest BCUT2D eigenvalue weighted by molar-refractivity contribution is 4.76. The van der Waals surface area contributed by atoms with E-state index in [0.717, 1.165) is 6.04 Å². The second kappa shape index (κ2) is 6.52. The van der Waals surface area contributed by atoms with Crippen LogP contribution in [-0.4, -0.2) is 24.0 Å². The summed E-state index contributed by atoms with van der Waals surface area (Å²) >= 11 is 0. The molecule has 2 aliphatic rings. The molecule has 1 saturated carbocycles. The first-order valence-corrected chi connectivity index (χ1v) is 7.21. The van der Waals surface area contributed by atoms with Gasteiger partial charge in [0.05, 0.1) is 0 Å². The predicted octanol–water partition coefficient (Wildman–Crippen LogP) is 3.98. The normalized spacial score (nSPS) is 28.0. The molecule has 1 aliphatic carbocycles. The van der Waals surface area contributed by atoms with Crippen LogP contribution in [0.25, 0.3) is 0 Å². The van der Waals surface area contributed by atoms with E-state index in [1.54, 1.807) is 0 Å². The minimum atomic E-state index is 0.950. The molecule has 0 radical (unpaired) electrons. The van der Waals surface area contributed by atoms with Gasteiger partial charge >= 0.3 is 0 Å². The molecule has 15 heavy (non-hydrogen) atoms. The summed E-state index contributed by atoms with van der Waals surface area (Å²) in [7, 11) is 0. The maximum atomic E-state index is 2.78. The van der Waals surface area contributed by atoms with Crippen molar-refractivity contribution in [1.82, 2.24) is 4.90 Å². The van der Waals surface area contributed by atoms with E-state index in [9.17, 15) is 0 Å². The Morgan fingerprint density at radius 1 is 0.533 bits per heavy atom. The number of nitrogens with zero attached hydrogens (tertiary/aromatic N) is 1. The van der Waals surface area contributed by atoms with Gasteiger partial charge in [-0.15, -0.1) is 0 Å². The molecule has 0 N–H and O–H groups in total. The van der Waals surface area contributed by atoms with E-state index in [1.807, 2.05) is 0 Å². The van der Waals surface area contributed by atoms with Gasteiger partial charge in [0.15, 0.2) is 0 Å². The fraction of sp³-hybridized carbons (Fsp3) is 1.00. The quantitative estimate of drug-likeness (QED) is 0.631. The number of rotatable bonds is 1. The third kappa shape index (κ3) is 3.79. The van der Waals surface area contributed by atoms with Crippen LogP contribution >= 0.6 is 0 Å². The van der Waals surface area contributed by atoms with Crippen LogP contribution in [0.5, 0.6) is 0 Å². The topological polar surface area (TPSA) is 3.24 Å². The van der Waals surface area contributed by atoms with Crippen LogP contribution in [0.4, 0.5) is 0 Å². The van der Waals surface area contributed by atoms with Crippen molar-refractivity contribution in [3.63, 3.8) is 0 Å². The first-order valence-electron chi connectivity index (χ1n) is 7.21. The zero-order valence-corrected chi connectivity index (χ0v) is 10.2. The van der Waals surface area contributed by atoms with Crippen LogP contribution in [-0.2, 0) is 0 Å². The minimum absolute atomic E-state index is 0.950. The summed E-state index contributed by atoms with van der Waals surface area (Å²) in [4.78, 5) is 2.78. The summed E-state index contributed by atoms with van der Waals surface area (Å²) in [5.74, 6) is 0. The Bertz CT molecular complexity index is 151. The molecular formula is C14H27N. The molecule has 1 saturated heterocycles. The van der Waals surface area contributed by atoms with Crippen molar-refractivity contribution in [2.24, 2.45) is 0 Å². The maximum absolute atomic E-state index is 2.78. The molecule has 0 aromatic rings. The first-order chi connectivity index (χ1) is 7.47. The average Bonchev–Trinajstić information content (AvgIpc) is 2.79. The summed E-state index contributed by atoms with van der Waals surface area (Å²) in [6.45, 7) is 2.79. The Hall–Kier alpha value is -0.0400. The zero-order valence-electron chi connectivity index (χ0n) is 10.2. The Labute approximate surface area is 95.2 Å². The summed E-state index contributed by atoms with van der Waals surface area (Å²) in [6, 6.07) is 0.950. The van der Waals surface area contributed by atoms with Crippen molar-refractivity contribution >= 4 is 0 Å². The Kier molecular flexibility index (Phi) is 4.98. The van der Waals surface area contributed by atoms with E-state index in [4.69, 9.17) is 0 Å². The summed E-state index contributed by atoms with van der Waals surface area (Å²) in [5.41, 5.74) is 0. The Morgan fingerprint density at radius 3 is 1.53 bits per heavy atom. The molecule has 0 amide bonds. The van der Waals surface area contributed by atoms with Crippen molar-refractivity contribution in [3.8, 4) is 0 Å². The molecule has 0 aromatic heterocycles. The van der Waals surface area contributed by atoms with E-state index in [1.165, 1.54) is 83.7 Å². The van der Waals surface area contributed by atoms with Gasteiger partial charge in [-0.1, -0.05) is 44.9 Å². The lowest BCUT2D eigenvalue weighted by molar-refractivity contribution is 0.207. The highest BCUT2D eigenvalue weighted by atomic mass is 15.2. The van der Waals surface area contributed by atoms with Gasteiger partial charge in [-0.25, -0.2) is 0 Å². The van der Waals surface area contributed by atoms with Crippen LogP contribution < -0.4 is 0 Å². The highest BCUT2D eigenvalue weighted by Crippen LogP contribution is 2.23. The third-order valence-electron chi connectivity index (χ3n) is 4.23. The molecule has 2 rings (SSSR count). The summed E-state index contributed by atoms with van der Waals surface area (Å²) in [6.07, 6.45) is 16.3. The Balaban J connectivity index is 1.78. The van der Waals surface area contributed by atoms with Gasteiger partial charge in [-0.3, -0.25) is 0 Å². The van der Waals surface area contributed by atoms with E-state index in [0.29, 0.717) is 0 Å². The number of hydrogen-bond acceptors (Lipinski definition) is 1. The van der Waals surface area contributed by atoms with E-state index >= 15 is 0 Å². The molecular weight excluding hydrogens is 182 g/mol. The third-order valence-corrected chi connectivity index (χ3v) is 4.23. The molecule has 1 nitrogen and oxygen atoms in total. The van der Waals surface area contributed by atoms with Gasteiger partial charge in [-0.2, -0.15) is 0 Å². The van der Waals surface area contributed by atoms with Gasteiger partial charge in [0, 0.05) is 6.04 Å². The molecule has 0 aromatic carbocycles. The molecule has 0 atom stereocenters. The van der Waals surface area contributed by atoms with Crippen LogP contribution in [0.3, 0.4) is 0 Å². The SMILES string of the molecule is C1CCCCC(N2CCCC2)CCCC1. The predicted molar refractivity (Wildman–Crippen MR) is 66.1 cm³/mol. The van der Waals surface area contributed by atoms with Crippen molar-refractivity contribution in [3.05, 3.63) is 0 Å². The molecule has 0 unspecified atom stereocenters. The summed E-state index contributed by atoms with van der Waals surface area (Å²) in [5, 5.41) is 0. The molecule has 1 aliphatic heterocycles. The van der Waals surface area contributed by atoms with E-state index in [2.05, 4.69) is 4.90 Å². The van der Waals surface area contributed by atoms with Crippen molar-refractivity contribution in [2.45, 2.75) is 76.7 Å². The molecule has 0 spiro atoms. The van der Waals surface area contributed by atoms with Crippen molar-refractivity contribution < 1.29 is 0 Å². The van der Waals surface area contributed by atoms with Gasteiger partial charge in [0.1, 0.15) is 0 Å². The monoisotopic (exact) mass is 209 g/mol. The van der Waals surface area contributed by atoms with Crippen LogP contribution in [0.2, 0.25) is 0 Å². The second-order valence-electron chi connectivity index (χ2n) is 5.45. The minimum Gasteiger partial charge on any atom is -0.300 e. The molecule has 2 fully saturated rings. The van der Waals surface area contributed by atoms with E-state index in [-0.39, 0.29) is 0 Å². The lowest BCUT2D eigenvalue weighted by Crippen LogP contribution is -2.32. The van der Waals surface area contributed by atoms with Gasteiger partial charge in [0.25, 0.3) is 0 Å². The second-order valence-corrected chi connectivity index (χ2v) is 5.45. The molecule has 1 heteroatoms. The van der Waals surface area contributed by atoms with Gasteiger partial charge in [-0.05, 0) is 38.8 Å². The molecule has 1 heterocycles. The smallest absolute Gasteiger partial charge is 0.00952 e. The highest BCUT2D eigenvalue weighted by Gasteiger charge is 2.21. The lowest BCUT2D eigenvalue weighted by atomic mass is 9.96. The average molecular weight is 209 g/mol. The molecule has 88 valence electrons. The van der Waals surface area contributed by atoms with Crippen LogP contribution in [0, 0.1) is 0 Å². The lowest BCUT2D eigenvalue weighted by Gasteiger charge is -2.28. The first kappa shape index (κ1) is 11.4. The number of likely N-dealkylation sites (tertiary alicyclic amines) is 1. The van der Waals surface area contributed by atoms with E-state index < -0.39 is 0 Å². The number of hydrogen-bond donors (Lipinski definition) is 0. The van der Waals surface area contributed by atoms with Gasteiger partial charge < -0.3 is 4.90 Å². The fourth-order valence-electron chi connectivity index (χ4n) is 3.26.